The van der Waals surface area contributed by atoms with Crippen molar-refractivity contribution >= 4 is 28.5 Å². The summed E-state index contributed by atoms with van der Waals surface area (Å²) in [6, 6.07) is 7.43. The summed E-state index contributed by atoms with van der Waals surface area (Å²) in [4.78, 5) is 41.9. The van der Waals surface area contributed by atoms with Gasteiger partial charge in [-0.1, -0.05) is 25.1 Å². The summed E-state index contributed by atoms with van der Waals surface area (Å²) in [6.07, 6.45) is 5.07. The fourth-order valence-electron chi connectivity index (χ4n) is 4.59. The number of carbonyl (C=O) groups is 3. The van der Waals surface area contributed by atoms with Gasteiger partial charge in [-0.15, -0.1) is 0 Å². The number of Topliss-reactive ketones (excluding diaryl/α,β-unsaturated/α-hetero) is 1. The molecule has 2 aliphatic heterocycles. The molecule has 28 heavy (non-hydrogen) atoms. The number of ketones is 1. The zero-order valence-electron chi connectivity index (χ0n) is 16.6. The first-order valence-electron chi connectivity index (χ1n) is 10.2. The third-order valence-corrected chi connectivity index (χ3v) is 6.08. The van der Waals surface area contributed by atoms with Crippen molar-refractivity contribution in [2.24, 2.45) is 0 Å². The molecule has 2 saturated heterocycles. The van der Waals surface area contributed by atoms with Crippen molar-refractivity contribution in [1.82, 2.24) is 14.4 Å². The van der Waals surface area contributed by atoms with Crippen molar-refractivity contribution in [3.63, 3.8) is 0 Å². The number of carbonyl (C=O) groups excluding carboxylic acids is 3. The zero-order chi connectivity index (χ0) is 19.8. The van der Waals surface area contributed by atoms with Gasteiger partial charge in [-0.3, -0.25) is 14.4 Å². The highest BCUT2D eigenvalue weighted by Gasteiger charge is 2.42. The van der Waals surface area contributed by atoms with Crippen LogP contribution >= 0.6 is 0 Å². The number of aromatic nitrogens is 1. The minimum absolute atomic E-state index is 0.0540. The van der Waals surface area contributed by atoms with Gasteiger partial charge < -0.3 is 14.4 Å². The Morgan fingerprint density at radius 3 is 2.79 bits per heavy atom. The van der Waals surface area contributed by atoms with Crippen molar-refractivity contribution in [3.8, 4) is 0 Å². The number of nitrogens with zero attached hydrogens (tertiary/aromatic N) is 3. The molecule has 2 aliphatic rings. The Hall–Kier alpha value is -2.63. The summed E-state index contributed by atoms with van der Waals surface area (Å²) in [5.41, 5.74) is 1.56. The van der Waals surface area contributed by atoms with Crippen LogP contribution in [-0.2, 0) is 16.1 Å². The summed E-state index contributed by atoms with van der Waals surface area (Å²) in [6.45, 7) is 5.36. The van der Waals surface area contributed by atoms with Gasteiger partial charge in [-0.2, -0.15) is 0 Å². The lowest BCUT2D eigenvalue weighted by Gasteiger charge is -2.41. The number of para-hydroxylation sites is 1. The van der Waals surface area contributed by atoms with Gasteiger partial charge in [0.2, 0.25) is 11.8 Å². The van der Waals surface area contributed by atoms with Gasteiger partial charge in [0.05, 0.1) is 0 Å². The molecule has 0 spiro atoms. The van der Waals surface area contributed by atoms with E-state index < -0.39 is 6.04 Å². The highest BCUT2D eigenvalue weighted by atomic mass is 16.2. The van der Waals surface area contributed by atoms with Crippen molar-refractivity contribution in [2.45, 2.75) is 58.2 Å². The third-order valence-electron chi connectivity index (χ3n) is 6.08. The van der Waals surface area contributed by atoms with Crippen LogP contribution in [0.4, 0.5) is 0 Å². The molecule has 0 N–H and O–H groups in total. The van der Waals surface area contributed by atoms with Crippen LogP contribution in [0.2, 0.25) is 0 Å². The number of fused-ring (bicyclic) bond motifs is 2. The molecule has 148 valence electrons. The smallest absolute Gasteiger partial charge is 0.245 e. The molecule has 2 amide bonds. The van der Waals surface area contributed by atoms with E-state index in [0.717, 1.165) is 36.7 Å². The van der Waals surface area contributed by atoms with Crippen LogP contribution in [0, 0.1) is 0 Å². The summed E-state index contributed by atoms with van der Waals surface area (Å²) in [7, 11) is 0. The van der Waals surface area contributed by atoms with Gasteiger partial charge in [0, 0.05) is 48.2 Å². The molecule has 6 heteroatoms. The van der Waals surface area contributed by atoms with E-state index in [9.17, 15) is 14.4 Å². The van der Waals surface area contributed by atoms with E-state index in [1.165, 1.54) is 0 Å². The number of hydrogen-bond acceptors (Lipinski definition) is 3. The molecule has 0 aliphatic carbocycles. The average Bonchev–Trinajstić information content (AvgIpc) is 3.30. The van der Waals surface area contributed by atoms with Crippen molar-refractivity contribution in [3.05, 3.63) is 36.0 Å². The topological polar surface area (TPSA) is 62.6 Å². The molecule has 1 aromatic heterocycles. The standard InChI is InChI=1S/C22H27N3O3/c1-3-7-20(26)18-13-23(19-10-5-4-9-17(18)19)14-21(27)25-12-16-8-6-11-24(16)22(28)15(25)2/h4-5,9-10,13,15-16H,3,6-8,11-12,14H2,1-2H3/t15-,16-/m0/s1. The molecule has 2 fully saturated rings. The Bertz CT molecular complexity index is 932. The Kier molecular flexibility index (Phi) is 4.96. The molecule has 0 radical (unpaired) electrons. The molecule has 3 heterocycles. The summed E-state index contributed by atoms with van der Waals surface area (Å²) >= 11 is 0. The van der Waals surface area contributed by atoms with Crippen LogP contribution in [0.15, 0.2) is 30.5 Å². The summed E-state index contributed by atoms with van der Waals surface area (Å²) in [5.74, 6) is 0.0916. The Balaban J connectivity index is 1.60. The monoisotopic (exact) mass is 381 g/mol. The fourth-order valence-corrected chi connectivity index (χ4v) is 4.59. The van der Waals surface area contributed by atoms with E-state index in [4.69, 9.17) is 0 Å². The minimum atomic E-state index is -0.426. The van der Waals surface area contributed by atoms with E-state index in [1.54, 1.807) is 11.1 Å². The van der Waals surface area contributed by atoms with Gasteiger partial charge >= 0.3 is 0 Å². The molecular formula is C22H27N3O3. The lowest BCUT2D eigenvalue weighted by molar-refractivity contribution is -0.152. The quantitative estimate of drug-likeness (QED) is 0.748. The lowest BCUT2D eigenvalue weighted by atomic mass is 10.1. The Labute approximate surface area is 165 Å². The largest absolute Gasteiger partial charge is 0.337 e. The maximum Gasteiger partial charge on any atom is 0.245 e. The Morgan fingerprint density at radius 1 is 1.21 bits per heavy atom. The first-order valence-corrected chi connectivity index (χ1v) is 10.2. The highest BCUT2D eigenvalue weighted by Crippen LogP contribution is 2.27. The van der Waals surface area contributed by atoms with Gasteiger partial charge in [-0.05, 0) is 32.3 Å². The van der Waals surface area contributed by atoms with Gasteiger partial charge in [0.15, 0.2) is 5.78 Å². The maximum atomic E-state index is 13.1. The van der Waals surface area contributed by atoms with Crippen LogP contribution in [0.1, 0.15) is 49.9 Å². The van der Waals surface area contributed by atoms with Crippen LogP contribution in [0.3, 0.4) is 0 Å². The molecule has 2 atom stereocenters. The molecule has 0 unspecified atom stereocenters. The molecule has 2 aromatic rings. The minimum Gasteiger partial charge on any atom is -0.337 e. The summed E-state index contributed by atoms with van der Waals surface area (Å²) in [5, 5.41) is 0.887. The van der Waals surface area contributed by atoms with Crippen molar-refractivity contribution < 1.29 is 14.4 Å². The first-order chi connectivity index (χ1) is 13.5. The third kappa shape index (κ3) is 3.11. The lowest BCUT2D eigenvalue weighted by Crippen LogP contribution is -2.60. The van der Waals surface area contributed by atoms with E-state index in [0.29, 0.717) is 18.5 Å². The van der Waals surface area contributed by atoms with Gasteiger partial charge in [0.1, 0.15) is 12.6 Å². The second-order valence-corrected chi connectivity index (χ2v) is 7.91. The van der Waals surface area contributed by atoms with E-state index in [2.05, 4.69) is 0 Å². The molecule has 4 rings (SSSR count). The molecule has 0 bridgehead atoms. The normalized spacial score (nSPS) is 22.0. The van der Waals surface area contributed by atoms with E-state index >= 15 is 0 Å². The second-order valence-electron chi connectivity index (χ2n) is 7.91. The van der Waals surface area contributed by atoms with Crippen molar-refractivity contribution in [1.29, 1.82) is 0 Å². The van der Waals surface area contributed by atoms with Gasteiger partial charge in [-0.25, -0.2) is 0 Å². The van der Waals surface area contributed by atoms with E-state index in [-0.39, 0.29) is 30.2 Å². The SMILES string of the molecule is CCCC(=O)c1cn(CC(=O)N2C[C@@H]3CCCN3C(=O)[C@@H]2C)c2ccccc12. The van der Waals surface area contributed by atoms with Crippen molar-refractivity contribution in [2.75, 3.05) is 13.1 Å². The second kappa shape index (κ2) is 7.41. The zero-order valence-corrected chi connectivity index (χ0v) is 16.6. The predicted octanol–water partition coefficient (Wildman–Crippen LogP) is 2.85. The fraction of sp³-hybridized carbons (Fsp3) is 0.500. The predicted molar refractivity (Wildman–Crippen MR) is 107 cm³/mol. The van der Waals surface area contributed by atoms with Crippen LogP contribution in [0.5, 0.6) is 0 Å². The first kappa shape index (κ1) is 18.7. The number of piperazine rings is 1. The molecule has 0 saturated carbocycles. The maximum absolute atomic E-state index is 13.1. The van der Waals surface area contributed by atoms with E-state index in [1.807, 2.05) is 47.6 Å². The van der Waals surface area contributed by atoms with Crippen LogP contribution < -0.4 is 0 Å². The summed E-state index contributed by atoms with van der Waals surface area (Å²) < 4.78 is 1.86. The number of amides is 2. The number of benzene rings is 1. The Morgan fingerprint density at radius 2 is 2.00 bits per heavy atom. The number of rotatable bonds is 5. The molecule has 1 aromatic carbocycles. The van der Waals surface area contributed by atoms with Crippen LogP contribution in [0.25, 0.3) is 10.9 Å². The van der Waals surface area contributed by atoms with Gasteiger partial charge in [0.25, 0.3) is 0 Å². The molecule has 6 nitrogen and oxygen atoms in total. The average molecular weight is 381 g/mol. The highest BCUT2D eigenvalue weighted by molar-refractivity contribution is 6.08. The van der Waals surface area contributed by atoms with Crippen LogP contribution in [-0.4, -0.2) is 57.1 Å². The molecular weight excluding hydrogens is 354 g/mol. The number of hydrogen-bond donors (Lipinski definition) is 0.